The summed E-state index contributed by atoms with van der Waals surface area (Å²) in [6, 6.07) is 0. The van der Waals surface area contributed by atoms with Crippen molar-refractivity contribution in [1.29, 1.82) is 0 Å². The van der Waals surface area contributed by atoms with Crippen molar-refractivity contribution in [2.75, 3.05) is 5.32 Å². The molecule has 0 aliphatic heterocycles. The number of carboxylic acid groups (broad SMARTS) is 1. The maximum Gasteiger partial charge on any atom is 0.409 e. The highest BCUT2D eigenvalue weighted by Crippen LogP contribution is 2.24. The fraction of sp³-hybridized carbons (Fsp3) is 0.333. The van der Waals surface area contributed by atoms with Gasteiger partial charge in [-0.05, 0) is 19.4 Å². The average molecular weight is 249 g/mol. The van der Waals surface area contributed by atoms with Crippen molar-refractivity contribution in [3.63, 3.8) is 0 Å². The Labute approximate surface area is 103 Å². The van der Waals surface area contributed by atoms with E-state index >= 15 is 0 Å². The lowest BCUT2D eigenvalue weighted by Crippen LogP contribution is -2.20. The van der Waals surface area contributed by atoms with Gasteiger partial charge in [-0.2, -0.15) is 0 Å². The summed E-state index contributed by atoms with van der Waals surface area (Å²) < 4.78 is 3.34. The second-order valence-electron chi connectivity index (χ2n) is 4.21. The predicted molar refractivity (Wildman–Crippen MR) is 69.2 cm³/mol. The first-order valence-electron chi connectivity index (χ1n) is 5.64. The van der Waals surface area contributed by atoms with E-state index in [1.54, 1.807) is 28.6 Å². The normalized spacial score (nSPS) is 10.8. The highest BCUT2D eigenvalue weighted by molar-refractivity contribution is 5.99. The van der Waals surface area contributed by atoms with Gasteiger partial charge >= 0.3 is 6.09 Å². The summed E-state index contributed by atoms with van der Waals surface area (Å²) in [5.41, 5.74) is 1.85. The van der Waals surface area contributed by atoms with E-state index in [2.05, 4.69) is 5.32 Å². The van der Waals surface area contributed by atoms with E-state index in [0.717, 1.165) is 11.1 Å². The quantitative estimate of drug-likeness (QED) is 0.851. The first-order chi connectivity index (χ1) is 8.45. The Morgan fingerprint density at radius 2 is 2.11 bits per heavy atom. The van der Waals surface area contributed by atoms with Gasteiger partial charge in [0.05, 0.1) is 16.6 Å². The molecule has 6 heteroatoms. The van der Waals surface area contributed by atoms with Crippen LogP contribution in [0.5, 0.6) is 0 Å². The molecule has 0 aliphatic rings. The second-order valence-corrected chi connectivity index (χ2v) is 4.21. The van der Waals surface area contributed by atoms with Crippen LogP contribution in [0.15, 0.2) is 17.2 Å². The monoisotopic (exact) mass is 249 g/mol. The Hall–Kier alpha value is -2.24. The largest absolute Gasteiger partial charge is 0.465 e. The van der Waals surface area contributed by atoms with E-state index in [1.807, 2.05) is 13.8 Å². The van der Waals surface area contributed by atoms with Crippen LogP contribution in [0.3, 0.4) is 0 Å². The smallest absolute Gasteiger partial charge is 0.409 e. The number of aryl methyl sites for hydroxylation is 3. The number of pyridine rings is 1. The number of rotatable bonds is 2. The number of fused-ring (bicyclic) bond motifs is 1. The molecule has 1 amide bonds. The molecular weight excluding hydrogens is 234 g/mol. The number of anilines is 1. The van der Waals surface area contributed by atoms with Crippen LogP contribution in [-0.2, 0) is 13.6 Å². The Bertz CT molecular complexity index is 682. The zero-order valence-electron chi connectivity index (χ0n) is 10.5. The van der Waals surface area contributed by atoms with Gasteiger partial charge in [-0.1, -0.05) is 0 Å². The van der Waals surface area contributed by atoms with Crippen LogP contribution >= 0.6 is 0 Å². The zero-order chi connectivity index (χ0) is 13.4. The molecule has 0 aliphatic carbocycles. The number of nitrogens with one attached hydrogen (secondary N) is 1. The topological polar surface area (TPSA) is 76.3 Å². The molecule has 18 heavy (non-hydrogen) atoms. The molecular formula is C12H15N3O3. The molecule has 2 aromatic rings. The lowest BCUT2D eigenvalue weighted by atomic mass is 10.2. The van der Waals surface area contributed by atoms with E-state index in [-0.39, 0.29) is 5.56 Å². The number of aromatic nitrogens is 2. The van der Waals surface area contributed by atoms with Gasteiger partial charge in [0, 0.05) is 26.0 Å². The molecule has 2 heterocycles. The standard InChI is InChI=1S/C12H15N3O3/c1-4-15-5-7(2)10-9(11(15)16)8(6-14(10)3)13-12(17)18/h5-6,13H,4H2,1-3H3,(H,17,18). The molecule has 0 radical (unpaired) electrons. The molecule has 0 spiro atoms. The van der Waals surface area contributed by atoms with E-state index in [0.29, 0.717) is 17.6 Å². The molecule has 6 nitrogen and oxygen atoms in total. The van der Waals surface area contributed by atoms with E-state index in [1.165, 1.54) is 0 Å². The van der Waals surface area contributed by atoms with Crippen molar-refractivity contribution in [1.82, 2.24) is 9.13 Å². The van der Waals surface area contributed by atoms with Crippen LogP contribution in [0.4, 0.5) is 10.5 Å². The zero-order valence-corrected chi connectivity index (χ0v) is 10.5. The van der Waals surface area contributed by atoms with Gasteiger partial charge in [0.25, 0.3) is 5.56 Å². The third kappa shape index (κ3) is 1.75. The lowest BCUT2D eigenvalue weighted by molar-refractivity contribution is 0.210. The molecule has 0 aromatic carbocycles. The molecule has 0 unspecified atom stereocenters. The van der Waals surface area contributed by atoms with Crippen molar-refractivity contribution in [2.24, 2.45) is 7.05 Å². The minimum atomic E-state index is -1.17. The Morgan fingerprint density at radius 1 is 1.44 bits per heavy atom. The number of nitrogens with zero attached hydrogens (tertiary/aromatic N) is 2. The molecule has 0 bridgehead atoms. The highest BCUT2D eigenvalue weighted by atomic mass is 16.4. The van der Waals surface area contributed by atoms with Crippen LogP contribution in [0, 0.1) is 6.92 Å². The second kappa shape index (κ2) is 4.21. The summed E-state index contributed by atoms with van der Waals surface area (Å²) in [7, 11) is 1.79. The minimum absolute atomic E-state index is 0.178. The summed E-state index contributed by atoms with van der Waals surface area (Å²) in [6.07, 6.45) is 2.23. The van der Waals surface area contributed by atoms with Crippen LogP contribution in [0.1, 0.15) is 12.5 Å². The number of hydrogen-bond donors (Lipinski definition) is 2. The summed E-state index contributed by atoms with van der Waals surface area (Å²) in [6.45, 7) is 4.33. The van der Waals surface area contributed by atoms with Crippen molar-refractivity contribution in [2.45, 2.75) is 20.4 Å². The van der Waals surface area contributed by atoms with Gasteiger partial charge in [0.1, 0.15) is 0 Å². The molecule has 2 N–H and O–H groups in total. The molecule has 0 saturated carbocycles. The Balaban J connectivity index is 2.86. The molecule has 96 valence electrons. The van der Waals surface area contributed by atoms with Crippen LogP contribution in [0.25, 0.3) is 10.9 Å². The van der Waals surface area contributed by atoms with Crippen LogP contribution in [0.2, 0.25) is 0 Å². The molecule has 2 aromatic heterocycles. The third-order valence-corrected chi connectivity index (χ3v) is 2.96. The fourth-order valence-corrected chi connectivity index (χ4v) is 2.26. The number of hydrogen-bond acceptors (Lipinski definition) is 2. The van der Waals surface area contributed by atoms with Crippen molar-refractivity contribution in [3.05, 3.63) is 28.3 Å². The maximum absolute atomic E-state index is 12.2. The highest BCUT2D eigenvalue weighted by Gasteiger charge is 2.15. The molecule has 2 rings (SSSR count). The van der Waals surface area contributed by atoms with Gasteiger partial charge in [0.2, 0.25) is 0 Å². The summed E-state index contributed by atoms with van der Waals surface area (Å²) >= 11 is 0. The number of amides is 1. The molecule has 0 fully saturated rings. The summed E-state index contributed by atoms with van der Waals surface area (Å²) in [5, 5.41) is 11.5. The Kier molecular flexibility index (Phi) is 2.86. The Morgan fingerprint density at radius 3 is 2.67 bits per heavy atom. The third-order valence-electron chi connectivity index (χ3n) is 2.96. The molecule has 0 atom stereocenters. The lowest BCUT2D eigenvalue weighted by Gasteiger charge is -2.07. The van der Waals surface area contributed by atoms with Crippen molar-refractivity contribution >= 4 is 22.7 Å². The molecule has 0 saturated heterocycles. The van der Waals surface area contributed by atoms with E-state index in [9.17, 15) is 9.59 Å². The van der Waals surface area contributed by atoms with E-state index in [4.69, 9.17) is 5.11 Å². The van der Waals surface area contributed by atoms with E-state index < -0.39 is 6.09 Å². The van der Waals surface area contributed by atoms with Crippen LogP contribution < -0.4 is 10.9 Å². The van der Waals surface area contributed by atoms with Gasteiger partial charge in [-0.15, -0.1) is 0 Å². The van der Waals surface area contributed by atoms with Crippen molar-refractivity contribution in [3.8, 4) is 0 Å². The van der Waals surface area contributed by atoms with Gasteiger partial charge in [0.15, 0.2) is 0 Å². The summed E-state index contributed by atoms with van der Waals surface area (Å²) in [4.78, 5) is 23.0. The maximum atomic E-state index is 12.2. The van der Waals surface area contributed by atoms with Gasteiger partial charge in [-0.25, -0.2) is 4.79 Å². The first kappa shape index (κ1) is 12.2. The predicted octanol–water partition coefficient (Wildman–Crippen LogP) is 1.76. The number of carbonyl (C=O) groups is 1. The summed E-state index contributed by atoms with van der Waals surface area (Å²) in [5.74, 6) is 0. The first-order valence-corrected chi connectivity index (χ1v) is 5.64. The van der Waals surface area contributed by atoms with Crippen molar-refractivity contribution < 1.29 is 9.90 Å². The van der Waals surface area contributed by atoms with Gasteiger partial charge < -0.3 is 14.2 Å². The average Bonchev–Trinajstić information content (AvgIpc) is 2.60. The fourth-order valence-electron chi connectivity index (χ4n) is 2.26. The van der Waals surface area contributed by atoms with Gasteiger partial charge in [-0.3, -0.25) is 10.1 Å². The minimum Gasteiger partial charge on any atom is -0.465 e. The SMILES string of the molecule is CCn1cc(C)c2c(c(NC(=O)O)cn2C)c1=O. The van der Waals surface area contributed by atoms with Crippen LogP contribution in [-0.4, -0.2) is 20.3 Å².